The van der Waals surface area contributed by atoms with Crippen molar-refractivity contribution in [2.75, 3.05) is 5.73 Å². The van der Waals surface area contributed by atoms with Gasteiger partial charge in [-0.3, -0.25) is 0 Å². The molecule has 3 aromatic heterocycles. The monoisotopic (exact) mass is 370 g/mol. The lowest BCUT2D eigenvalue weighted by atomic mass is 10.2. The van der Waals surface area contributed by atoms with Crippen LogP contribution in [-0.4, -0.2) is 15.1 Å². The molecule has 2 N–H and O–H groups in total. The van der Waals surface area contributed by atoms with E-state index < -0.39 is 0 Å². The molecule has 0 saturated heterocycles. The summed E-state index contributed by atoms with van der Waals surface area (Å²) in [5.74, 6) is 1.31. The van der Waals surface area contributed by atoms with E-state index in [0.717, 1.165) is 34.3 Å². The second-order valence-corrected chi connectivity index (χ2v) is 6.89. The minimum atomic E-state index is 0.614. The number of nitrogens with two attached hydrogens (primary N) is 1. The fourth-order valence-electron chi connectivity index (χ4n) is 1.74. The van der Waals surface area contributed by atoms with Crippen LogP contribution in [-0.2, 0) is 12.8 Å². The van der Waals surface area contributed by atoms with Gasteiger partial charge in [0, 0.05) is 21.7 Å². The maximum absolute atomic E-state index is 5.60. The average Bonchev–Trinajstić information content (AvgIpc) is 3.11. The SMILES string of the molecule is Nc1nc(CCCc2nc(-c3cc(Br)cs3)no2)cs1. The minimum absolute atomic E-state index is 0.614. The van der Waals surface area contributed by atoms with Gasteiger partial charge in [-0.1, -0.05) is 5.16 Å². The lowest BCUT2D eigenvalue weighted by molar-refractivity contribution is 0.376. The maximum Gasteiger partial charge on any atom is 0.226 e. The molecule has 0 amide bonds. The number of anilines is 1. The summed E-state index contributed by atoms with van der Waals surface area (Å²) in [5.41, 5.74) is 6.62. The highest BCUT2D eigenvalue weighted by Gasteiger charge is 2.10. The molecule has 0 aliphatic rings. The highest BCUT2D eigenvalue weighted by Crippen LogP contribution is 2.27. The summed E-state index contributed by atoms with van der Waals surface area (Å²) in [6.45, 7) is 0. The number of nitrogens with zero attached hydrogens (tertiary/aromatic N) is 3. The second kappa shape index (κ2) is 6.02. The van der Waals surface area contributed by atoms with Crippen molar-refractivity contribution in [1.29, 1.82) is 0 Å². The van der Waals surface area contributed by atoms with Crippen molar-refractivity contribution in [3.63, 3.8) is 0 Å². The van der Waals surface area contributed by atoms with Crippen molar-refractivity contribution in [2.45, 2.75) is 19.3 Å². The van der Waals surface area contributed by atoms with Crippen molar-refractivity contribution in [1.82, 2.24) is 15.1 Å². The molecule has 0 aromatic carbocycles. The van der Waals surface area contributed by atoms with Crippen molar-refractivity contribution in [3.8, 4) is 10.7 Å². The Labute approximate surface area is 132 Å². The number of thiazole rings is 1. The van der Waals surface area contributed by atoms with E-state index in [9.17, 15) is 0 Å². The normalized spacial score (nSPS) is 11.1. The minimum Gasteiger partial charge on any atom is -0.375 e. The molecule has 3 heterocycles. The van der Waals surface area contributed by atoms with Gasteiger partial charge in [0.1, 0.15) is 0 Å². The lowest BCUT2D eigenvalue weighted by Gasteiger charge is -1.93. The number of rotatable bonds is 5. The van der Waals surface area contributed by atoms with E-state index in [-0.39, 0.29) is 0 Å². The van der Waals surface area contributed by atoms with Crippen molar-refractivity contribution >= 4 is 43.7 Å². The smallest absolute Gasteiger partial charge is 0.226 e. The Morgan fingerprint density at radius 1 is 1.20 bits per heavy atom. The Kier molecular flexibility index (Phi) is 4.13. The molecule has 0 bridgehead atoms. The van der Waals surface area contributed by atoms with Crippen LogP contribution in [0.4, 0.5) is 5.13 Å². The molecule has 0 aliphatic carbocycles. The zero-order valence-corrected chi connectivity index (χ0v) is 13.6. The van der Waals surface area contributed by atoms with Crippen molar-refractivity contribution in [2.24, 2.45) is 0 Å². The highest BCUT2D eigenvalue weighted by molar-refractivity contribution is 9.10. The summed E-state index contributed by atoms with van der Waals surface area (Å²) in [5, 5.41) is 8.60. The number of thiophene rings is 1. The van der Waals surface area contributed by atoms with Crippen LogP contribution in [0, 0.1) is 0 Å². The first-order chi connectivity index (χ1) is 9.70. The Morgan fingerprint density at radius 2 is 2.10 bits per heavy atom. The first kappa shape index (κ1) is 13.7. The summed E-state index contributed by atoms with van der Waals surface area (Å²) >= 11 is 6.47. The summed E-state index contributed by atoms with van der Waals surface area (Å²) in [6, 6.07) is 1.98. The number of aromatic nitrogens is 3. The number of hydrogen-bond donors (Lipinski definition) is 1. The Morgan fingerprint density at radius 3 is 2.80 bits per heavy atom. The molecule has 0 aliphatic heterocycles. The Hall–Kier alpha value is -1.25. The van der Waals surface area contributed by atoms with Crippen LogP contribution < -0.4 is 5.73 Å². The zero-order chi connectivity index (χ0) is 13.9. The van der Waals surface area contributed by atoms with E-state index in [1.54, 1.807) is 11.3 Å². The summed E-state index contributed by atoms with van der Waals surface area (Å²) in [4.78, 5) is 9.62. The standard InChI is InChI=1S/C12H11BrN4OS2/c13-7-4-9(19-5-7)11-16-10(18-17-11)3-1-2-8-6-20-12(14)15-8/h4-6H,1-3H2,(H2,14,15). The quantitative estimate of drug-likeness (QED) is 0.739. The fourth-order valence-corrected chi connectivity index (χ4v) is 3.69. The van der Waals surface area contributed by atoms with Gasteiger partial charge in [0.05, 0.1) is 10.6 Å². The van der Waals surface area contributed by atoms with Gasteiger partial charge >= 0.3 is 0 Å². The van der Waals surface area contributed by atoms with E-state index in [1.807, 2.05) is 16.8 Å². The molecular formula is C12H11BrN4OS2. The molecule has 0 atom stereocenters. The van der Waals surface area contributed by atoms with Gasteiger partial charge in [0.15, 0.2) is 5.13 Å². The number of nitrogen functional groups attached to an aromatic ring is 1. The molecule has 20 heavy (non-hydrogen) atoms. The molecule has 104 valence electrons. The van der Waals surface area contributed by atoms with Crippen LogP contribution in [0.25, 0.3) is 10.7 Å². The Balaban J connectivity index is 1.57. The van der Waals surface area contributed by atoms with Gasteiger partial charge in [-0.2, -0.15) is 4.98 Å². The highest BCUT2D eigenvalue weighted by atomic mass is 79.9. The predicted molar refractivity (Wildman–Crippen MR) is 83.9 cm³/mol. The third-order valence-electron chi connectivity index (χ3n) is 2.65. The third kappa shape index (κ3) is 3.25. The largest absolute Gasteiger partial charge is 0.375 e. The van der Waals surface area contributed by atoms with Crippen LogP contribution in [0.5, 0.6) is 0 Å². The fraction of sp³-hybridized carbons (Fsp3) is 0.250. The molecule has 3 rings (SSSR count). The van der Waals surface area contributed by atoms with Crippen molar-refractivity contribution < 1.29 is 4.52 Å². The van der Waals surface area contributed by atoms with Gasteiger partial charge in [0.2, 0.25) is 11.7 Å². The molecule has 0 radical (unpaired) electrons. The summed E-state index contributed by atoms with van der Waals surface area (Å²) < 4.78 is 6.29. The molecule has 8 heteroatoms. The van der Waals surface area contributed by atoms with Gasteiger partial charge in [-0.15, -0.1) is 22.7 Å². The number of aryl methyl sites for hydroxylation is 2. The molecular weight excluding hydrogens is 360 g/mol. The molecule has 0 unspecified atom stereocenters. The molecule has 5 nitrogen and oxygen atoms in total. The zero-order valence-electron chi connectivity index (χ0n) is 10.4. The number of hydrogen-bond acceptors (Lipinski definition) is 7. The van der Waals surface area contributed by atoms with Gasteiger partial charge in [-0.25, -0.2) is 4.98 Å². The average molecular weight is 371 g/mol. The maximum atomic E-state index is 5.60. The van der Waals surface area contributed by atoms with Crippen LogP contribution in [0.15, 0.2) is 25.8 Å². The van der Waals surface area contributed by atoms with Crippen LogP contribution in [0.3, 0.4) is 0 Å². The first-order valence-electron chi connectivity index (χ1n) is 5.97. The van der Waals surface area contributed by atoms with Gasteiger partial charge < -0.3 is 10.3 Å². The lowest BCUT2D eigenvalue weighted by Crippen LogP contribution is -1.91. The molecule has 3 aromatic rings. The van der Waals surface area contributed by atoms with Gasteiger partial charge in [-0.05, 0) is 34.8 Å². The van der Waals surface area contributed by atoms with E-state index >= 15 is 0 Å². The van der Waals surface area contributed by atoms with Crippen molar-refractivity contribution in [3.05, 3.63) is 32.9 Å². The second-order valence-electron chi connectivity index (χ2n) is 4.17. The summed E-state index contributed by atoms with van der Waals surface area (Å²) in [6.07, 6.45) is 2.53. The van der Waals surface area contributed by atoms with Crippen LogP contribution >= 0.6 is 38.6 Å². The van der Waals surface area contributed by atoms with E-state index in [2.05, 4.69) is 31.1 Å². The number of halogens is 1. The first-order valence-corrected chi connectivity index (χ1v) is 8.53. The predicted octanol–water partition coefficient (Wildman–Crippen LogP) is 3.77. The van der Waals surface area contributed by atoms with E-state index in [4.69, 9.17) is 10.3 Å². The third-order valence-corrected chi connectivity index (χ3v) is 5.06. The Bertz CT molecular complexity index is 706. The summed E-state index contributed by atoms with van der Waals surface area (Å²) in [7, 11) is 0. The van der Waals surface area contributed by atoms with E-state index in [1.165, 1.54) is 11.3 Å². The van der Waals surface area contributed by atoms with Crippen LogP contribution in [0.2, 0.25) is 0 Å². The molecule has 0 spiro atoms. The molecule has 0 fully saturated rings. The van der Waals surface area contributed by atoms with Gasteiger partial charge in [0.25, 0.3) is 0 Å². The van der Waals surface area contributed by atoms with Crippen LogP contribution in [0.1, 0.15) is 18.0 Å². The molecule has 0 saturated carbocycles. The van der Waals surface area contributed by atoms with E-state index in [0.29, 0.717) is 16.8 Å². The topological polar surface area (TPSA) is 77.8 Å².